The number of aromatic nitrogens is 3. The molecule has 1 aromatic heterocycles. The molecular formula is C22H27N5O2S2. The molecule has 1 aliphatic rings. The first-order valence-corrected chi connectivity index (χ1v) is 12.7. The van der Waals surface area contributed by atoms with Gasteiger partial charge < -0.3 is 0 Å². The maximum atomic E-state index is 12.5. The minimum atomic E-state index is -3.46. The van der Waals surface area contributed by atoms with Gasteiger partial charge in [0, 0.05) is 25.5 Å². The molecule has 4 rings (SSSR count). The van der Waals surface area contributed by atoms with E-state index >= 15 is 0 Å². The van der Waals surface area contributed by atoms with Gasteiger partial charge in [0.05, 0.1) is 11.4 Å². The topological polar surface area (TPSA) is 71.3 Å². The van der Waals surface area contributed by atoms with Gasteiger partial charge in [-0.1, -0.05) is 42.1 Å². The lowest BCUT2D eigenvalue weighted by Gasteiger charge is -2.16. The third-order valence-corrected chi connectivity index (χ3v) is 8.13. The fourth-order valence-electron chi connectivity index (χ4n) is 3.63. The largest absolute Gasteiger partial charge is 0.296 e. The van der Waals surface area contributed by atoms with Gasteiger partial charge in [-0.2, -0.15) is 0 Å². The van der Waals surface area contributed by atoms with Crippen LogP contribution in [0.3, 0.4) is 0 Å². The summed E-state index contributed by atoms with van der Waals surface area (Å²) in [5.74, 6) is 1.53. The molecule has 0 N–H and O–H groups in total. The van der Waals surface area contributed by atoms with Crippen LogP contribution >= 0.6 is 11.8 Å². The summed E-state index contributed by atoms with van der Waals surface area (Å²) in [6.45, 7) is 2.97. The molecule has 2 aromatic carbocycles. The van der Waals surface area contributed by atoms with Crippen LogP contribution in [0.1, 0.15) is 24.2 Å². The van der Waals surface area contributed by atoms with Crippen molar-refractivity contribution in [2.24, 2.45) is 0 Å². The molecule has 0 atom stereocenters. The number of benzene rings is 2. The Balaban J connectivity index is 1.58. The Kier molecular flexibility index (Phi) is 6.76. The molecule has 2 heterocycles. The molecule has 0 bridgehead atoms. The summed E-state index contributed by atoms with van der Waals surface area (Å²) >= 11 is 1.56. The number of hydrogen-bond donors (Lipinski definition) is 0. The Labute approximate surface area is 188 Å². The van der Waals surface area contributed by atoms with E-state index in [-0.39, 0.29) is 0 Å². The first-order valence-electron chi connectivity index (χ1n) is 10.3. The van der Waals surface area contributed by atoms with Crippen molar-refractivity contribution in [3.8, 4) is 5.69 Å². The molecule has 0 unspecified atom stereocenters. The van der Waals surface area contributed by atoms with Crippen LogP contribution in [0.15, 0.2) is 64.6 Å². The van der Waals surface area contributed by atoms with E-state index in [1.807, 2.05) is 24.3 Å². The highest BCUT2D eigenvalue weighted by molar-refractivity contribution is 7.98. The zero-order chi connectivity index (χ0) is 21.8. The van der Waals surface area contributed by atoms with Crippen LogP contribution in [-0.2, 0) is 22.3 Å². The van der Waals surface area contributed by atoms with Crippen molar-refractivity contribution in [3.63, 3.8) is 0 Å². The molecule has 1 fully saturated rings. The van der Waals surface area contributed by atoms with E-state index in [0.29, 0.717) is 10.6 Å². The lowest BCUT2D eigenvalue weighted by Crippen LogP contribution is -2.22. The molecule has 31 heavy (non-hydrogen) atoms. The van der Waals surface area contributed by atoms with E-state index in [9.17, 15) is 8.42 Å². The number of hydrogen-bond acceptors (Lipinski definition) is 6. The van der Waals surface area contributed by atoms with Crippen LogP contribution in [0.5, 0.6) is 0 Å². The standard InChI is InChI=1S/C22H27N5O2S2/c1-25(2)31(28,29)20-12-8-9-18(15-20)17-30-22-24-23-21(16-26-13-6-7-14-26)27(22)19-10-4-3-5-11-19/h3-5,8-12,15H,6-7,13-14,16-17H2,1-2H3. The Morgan fingerprint density at radius 2 is 1.74 bits per heavy atom. The molecule has 0 radical (unpaired) electrons. The Morgan fingerprint density at radius 3 is 2.45 bits per heavy atom. The summed E-state index contributed by atoms with van der Waals surface area (Å²) in [7, 11) is -0.372. The number of para-hydroxylation sites is 1. The second-order valence-corrected chi connectivity index (χ2v) is 10.9. The highest BCUT2D eigenvalue weighted by Gasteiger charge is 2.20. The van der Waals surface area contributed by atoms with Crippen LogP contribution in [0, 0.1) is 0 Å². The first kappa shape index (κ1) is 22.0. The van der Waals surface area contributed by atoms with Crippen molar-refractivity contribution in [1.29, 1.82) is 0 Å². The zero-order valence-corrected chi connectivity index (χ0v) is 19.4. The quantitative estimate of drug-likeness (QED) is 0.483. The van der Waals surface area contributed by atoms with Crippen molar-refractivity contribution in [1.82, 2.24) is 24.0 Å². The Hall–Kier alpha value is -2.20. The van der Waals surface area contributed by atoms with E-state index in [2.05, 4.69) is 31.8 Å². The number of rotatable bonds is 8. The van der Waals surface area contributed by atoms with Crippen molar-refractivity contribution < 1.29 is 8.42 Å². The van der Waals surface area contributed by atoms with Crippen molar-refractivity contribution in [3.05, 3.63) is 66.0 Å². The fourth-order valence-corrected chi connectivity index (χ4v) is 5.51. The van der Waals surface area contributed by atoms with Crippen molar-refractivity contribution in [2.45, 2.75) is 35.2 Å². The molecule has 164 valence electrons. The molecule has 1 saturated heterocycles. The van der Waals surface area contributed by atoms with E-state index in [4.69, 9.17) is 0 Å². The lowest BCUT2D eigenvalue weighted by molar-refractivity contribution is 0.319. The first-order chi connectivity index (χ1) is 14.9. The van der Waals surface area contributed by atoms with Gasteiger partial charge in [-0.3, -0.25) is 9.47 Å². The fraction of sp³-hybridized carbons (Fsp3) is 0.364. The van der Waals surface area contributed by atoms with Gasteiger partial charge in [0.15, 0.2) is 11.0 Å². The summed E-state index contributed by atoms with van der Waals surface area (Å²) in [6.07, 6.45) is 2.46. The number of thioether (sulfide) groups is 1. The maximum Gasteiger partial charge on any atom is 0.242 e. The normalized spacial score (nSPS) is 15.1. The summed E-state index contributed by atoms with van der Waals surface area (Å²) < 4.78 is 28.3. The van der Waals surface area contributed by atoms with Gasteiger partial charge in [-0.05, 0) is 55.8 Å². The van der Waals surface area contributed by atoms with Crippen molar-refractivity contribution in [2.75, 3.05) is 27.2 Å². The van der Waals surface area contributed by atoms with Crippen molar-refractivity contribution >= 4 is 21.8 Å². The molecular weight excluding hydrogens is 430 g/mol. The van der Waals surface area contributed by atoms with Gasteiger partial charge in [-0.15, -0.1) is 10.2 Å². The van der Waals surface area contributed by atoms with Crippen LogP contribution in [-0.4, -0.2) is 59.6 Å². The number of nitrogens with zero attached hydrogens (tertiary/aromatic N) is 5. The predicted octanol–water partition coefficient (Wildman–Crippen LogP) is 3.41. The molecule has 7 nitrogen and oxygen atoms in total. The monoisotopic (exact) mass is 457 g/mol. The van der Waals surface area contributed by atoms with Crippen LogP contribution in [0.25, 0.3) is 5.69 Å². The van der Waals surface area contributed by atoms with E-state index in [0.717, 1.165) is 41.9 Å². The number of sulfonamides is 1. The minimum Gasteiger partial charge on any atom is -0.296 e. The SMILES string of the molecule is CN(C)S(=O)(=O)c1cccc(CSc2nnc(CN3CCCC3)n2-c2ccccc2)c1. The lowest BCUT2D eigenvalue weighted by atomic mass is 10.2. The van der Waals surface area contributed by atoms with Crippen LogP contribution in [0.4, 0.5) is 0 Å². The molecule has 0 amide bonds. The predicted molar refractivity (Wildman–Crippen MR) is 123 cm³/mol. The van der Waals surface area contributed by atoms with Crippen LogP contribution in [0.2, 0.25) is 0 Å². The summed E-state index contributed by atoms with van der Waals surface area (Å²) in [6, 6.07) is 17.2. The minimum absolute atomic E-state index is 0.301. The van der Waals surface area contributed by atoms with Gasteiger partial charge >= 0.3 is 0 Å². The highest BCUT2D eigenvalue weighted by Crippen LogP contribution is 2.27. The Bertz CT molecular complexity index is 1120. The third-order valence-electron chi connectivity index (χ3n) is 5.32. The third kappa shape index (κ3) is 5.01. The highest BCUT2D eigenvalue weighted by atomic mass is 32.2. The summed E-state index contributed by atoms with van der Waals surface area (Å²) in [5.41, 5.74) is 1.96. The van der Waals surface area contributed by atoms with E-state index in [1.54, 1.807) is 44.1 Å². The average Bonchev–Trinajstić information content (AvgIpc) is 3.43. The second kappa shape index (κ2) is 9.52. The number of likely N-dealkylation sites (tertiary alicyclic amines) is 1. The molecule has 1 aliphatic heterocycles. The van der Waals surface area contributed by atoms with E-state index in [1.165, 1.54) is 17.1 Å². The maximum absolute atomic E-state index is 12.5. The molecule has 3 aromatic rings. The van der Waals surface area contributed by atoms with Crippen LogP contribution < -0.4 is 0 Å². The Morgan fingerprint density at radius 1 is 1.00 bits per heavy atom. The molecule has 0 aliphatic carbocycles. The molecule has 9 heteroatoms. The summed E-state index contributed by atoms with van der Waals surface area (Å²) in [5, 5.41) is 9.77. The molecule has 0 saturated carbocycles. The zero-order valence-electron chi connectivity index (χ0n) is 17.8. The molecule has 0 spiro atoms. The van der Waals surface area contributed by atoms with Gasteiger partial charge in [-0.25, -0.2) is 12.7 Å². The van der Waals surface area contributed by atoms with Gasteiger partial charge in [0.2, 0.25) is 10.0 Å². The average molecular weight is 458 g/mol. The smallest absolute Gasteiger partial charge is 0.242 e. The second-order valence-electron chi connectivity index (χ2n) is 7.78. The van der Waals surface area contributed by atoms with Gasteiger partial charge in [0.1, 0.15) is 0 Å². The van der Waals surface area contributed by atoms with E-state index < -0.39 is 10.0 Å². The summed E-state index contributed by atoms with van der Waals surface area (Å²) in [4.78, 5) is 2.71. The van der Waals surface area contributed by atoms with Gasteiger partial charge in [0.25, 0.3) is 0 Å².